The standard InChI is InChI=1S/C9H17NO2/c1-9(2,6-11)10-8(12)7-4-3-5-7/h7,11H,3-6H2,1-2H3,(H,10,12). The van der Waals surface area contributed by atoms with Crippen molar-refractivity contribution in [1.29, 1.82) is 0 Å². The summed E-state index contributed by atoms with van der Waals surface area (Å²) in [5.41, 5.74) is -0.466. The maximum Gasteiger partial charge on any atom is 0.223 e. The van der Waals surface area contributed by atoms with Crippen molar-refractivity contribution in [2.45, 2.75) is 38.6 Å². The van der Waals surface area contributed by atoms with Crippen LogP contribution < -0.4 is 5.32 Å². The van der Waals surface area contributed by atoms with Crippen molar-refractivity contribution in [1.82, 2.24) is 5.32 Å². The summed E-state index contributed by atoms with van der Waals surface area (Å²) < 4.78 is 0. The molecule has 3 heteroatoms. The van der Waals surface area contributed by atoms with Crippen molar-refractivity contribution < 1.29 is 9.90 Å². The van der Waals surface area contributed by atoms with E-state index in [2.05, 4.69) is 5.32 Å². The van der Waals surface area contributed by atoms with Gasteiger partial charge in [0.25, 0.3) is 0 Å². The van der Waals surface area contributed by atoms with Gasteiger partial charge in [0.2, 0.25) is 5.91 Å². The van der Waals surface area contributed by atoms with E-state index in [-0.39, 0.29) is 18.4 Å². The molecule has 0 saturated heterocycles. The molecular weight excluding hydrogens is 154 g/mol. The van der Waals surface area contributed by atoms with Crippen LogP contribution in [0.4, 0.5) is 0 Å². The van der Waals surface area contributed by atoms with E-state index in [0.29, 0.717) is 0 Å². The van der Waals surface area contributed by atoms with Gasteiger partial charge in [0.05, 0.1) is 12.1 Å². The van der Waals surface area contributed by atoms with E-state index < -0.39 is 5.54 Å². The second kappa shape index (κ2) is 3.44. The zero-order valence-corrected chi connectivity index (χ0v) is 7.76. The largest absolute Gasteiger partial charge is 0.394 e. The lowest BCUT2D eigenvalue weighted by atomic mass is 9.84. The second-order valence-electron chi connectivity index (χ2n) is 4.16. The minimum absolute atomic E-state index is 0.00847. The summed E-state index contributed by atoms with van der Waals surface area (Å²) >= 11 is 0. The molecule has 0 atom stereocenters. The van der Waals surface area contributed by atoms with Crippen molar-refractivity contribution in [2.75, 3.05) is 6.61 Å². The van der Waals surface area contributed by atoms with E-state index in [1.165, 1.54) is 0 Å². The van der Waals surface area contributed by atoms with Gasteiger partial charge < -0.3 is 10.4 Å². The molecule has 12 heavy (non-hydrogen) atoms. The van der Waals surface area contributed by atoms with Crippen LogP contribution in [0.1, 0.15) is 33.1 Å². The van der Waals surface area contributed by atoms with Crippen molar-refractivity contribution in [3.05, 3.63) is 0 Å². The smallest absolute Gasteiger partial charge is 0.223 e. The maximum atomic E-state index is 11.4. The highest BCUT2D eigenvalue weighted by Gasteiger charge is 2.29. The van der Waals surface area contributed by atoms with Gasteiger partial charge in [-0.3, -0.25) is 4.79 Å². The fourth-order valence-corrected chi connectivity index (χ4v) is 1.15. The van der Waals surface area contributed by atoms with Crippen LogP contribution in [0.25, 0.3) is 0 Å². The predicted molar refractivity (Wildman–Crippen MR) is 46.6 cm³/mol. The quantitative estimate of drug-likeness (QED) is 0.656. The summed E-state index contributed by atoms with van der Waals surface area (Å²) in [5, 5.41) is 11.7. The molecule has 0 radical (unpaired) electrons. The molecule has 1 rings (SSSR count). The Morgan fingerprint density at radius 3 is 2.50 bits per heavy atom. The van der Waals surface area contributed by atoms with E-state index in [9.17, 15) is 4.79 Å². The van der Waals surface area contributed by atoms with Gasteiger partial charge in [-0.05, 0) is 26.7 Å². The molecule has 1 amide bonds. The third-order valence-electron chi connectivity index (χ3n) is 2.33. The van der Waals surface area contributed by atoms with Gasteiger partial charge in [0.15, 0.2) is 0 Å². The number of rotatable bonds is 3. The molecule has 1 aliphatic rings. The molecule has 0 unspecified atom stereocenters. The molecule has 70 valence electrons. The third kappa shape index (κ3) is 2.21. The maximum absolute atomic E-state index is 11.4. The first-order chi connectivity index (χ1) is 5.55. The van der Waals surface area contributed by atoms with Gasteiger partial charge in [-0.2, -0.15) is 0 Å². The van der Waals surface area contributed by atoms with Gasteiger partial charge in [-0.25, -0.2) is 0 Å². The molecule has 0 aromatic rings. The van der Waals surface area contributed by atoms with Crippen LogP contribution in [-0.4, -0.2) is 23.2 Å². The number of aliphatic hydroxyl groups is 1. The van der Waals surface area contributed by atoms with Crippen molar-refractivity contribution in [2.24, 2.45) is 5.92 Å². The Morgan fingerprint density at radius 2 is 2.17 bits per heavy atom. The molecule has 1 fully saturated rings. The van der Waals surface area contributed by atoms with Gasteiger partial charge in [0.1, 0.15) is 0 Å². The molecule has 0 aromatic heterocycles. The van der Waals surface area contributed by atoms with E-state index in [0.717, 1.165) is 19.3 Å². The molecule has 0 aliphatic heterocycles. The summed E-state index contributed by atoms with van der Waals surface area (Å²) in [5.74, 6) is 0.302. The number of aliphatic hydroxyl groups excluding tert-OH is 1. The van der Waals surface area contributed by atoms with Crippen LogP contribution in [0.3, 0.4) is 0 Å². The van der Waals surface area contributed by atoms with Crippen LogP contribution in [0.15, 0.2) is 0 Å². The average molecular weight is 171 g/mol. The second-order valence-corrected chi connectivity index (χ2v) is 4.16. The summed E-state index contributed by atoms with van der Waals surface area (Å²) in [6.07, 6.45) is 3.18. The minimum atomic E-state index is -0.466. The van der Waals surface area contributed by atoms with Gasteiger partial charge in [-0.15, -0.1) is 0 Å². The Morgan fingerprint density at radius 1 is 1.58 bits per heavy atom. The van der Waals surface area contributed by atoms with E-state index >= 15 is 0 Å². The van der Waals surface area contributed by atoms with E-state index in [4.69, 9.17) is 5.11 Å². The highest BCUT2D eigenvalue weighted by atomic mass is 16.3. The normalized spacial score (nSPS) is 18.6. The predicted octanol–water partition coefficient (Wildman–Crippen LogP) is 0.674. The number of hydrogen-bond donors (Lipinski definition) is 2. The Labute approximate surface area is 73.2 Å². The van der Waals surface area contributed by atoms with Crippen molar-refractivity contribution in [3.63, 3.8) is 0 Å². The lowest BCUT2D eigenvalue weighted by Crippen LogP contribution is -2.49. The molecule has 3 nitrogen and oxygen atoms in total. The summed E-state index contributed by atoms with van der Waals surface area (Å²) in [6, 6.07) is 0. The fourth-order valence-electron chi connectivity index (χ4n) is 1.15. The van der Waals surface area contributed by atoms with Gasteiger partial charge >= 0.3 is 0 Å². The number of amides is 1. The molecular formula is C9H17NO2. The van der Waals surface area contributed by atoms with Crippen molar-refractivity contribution >= 4 is 5.91 Å². The first kappa shape index (κ1) is 9.52. The number of hydrogen-bond acceptors (Lipinski definition) is 2. The summed E-state index contributed by atoms with van der Waals surface area (Å²) in [4.78, 5) is 11.4. The zero-order valence-electron chi connectivity index (χ0n) is 7.76. The van der Waals surface area contributed by atoms with Crippen LogP contribution in [0.2, 0.25) is 0 Å². The molecule has 0 aromatic carbocycles. The fraction of sp³-hybridized carbons (Fsp3) is 0.889. The topological polar surface area (TPSA) is 49.3 Å². The van der Waals surface area contributed by atoms with E-state index in [1.54, 1.807) is 0 Å². The van der Waals surface area contributed by atoms with Crippen LogP contribution in [-0.2, 0) is 4.79 Å². The average Bonchev–Trinajstić information content (AvgIpc) is 1.82. The number of nitrogens with one attached hydrogen (secondary N) is 1. The van der Waals surface area contributed by atoms with Crippen LogP contribution in [0.5, 0.6) is 0 Å². The minimum Gasteiger partial charge on any atom is -0.394 e. The van der Waals surface area contributed by atoms with Crippen molar-refractivity contribution in [3.8, 4) is 0 Å². The van der Waals surface area contributed by atoms with Crippen LogP contribution >= 0.6 is 0 Å². The summed E-state index contributed by atoms with van der Waals surface area (Å²) in [7, 11) is 0. The molecule has 0 spiro atoms. The molecule has 1 aliphatic carbocycles. The zero-order chi connectivity index (χ0) is 9.19. The van der Waals surface area contributed by atoms with Crippen LogP contribution in [0, 0.1) is 5.92 Å². The Bertz CT molecular complexity index is 173. The molecule has 2 N–H and O–H groups in total. The first-order valence-corrected chi connectivity index (χ1v) is 4.48. The Hall–Kier alpha value is -0.570. The van der Waals surface area contributed by atoms with E-state index in [1.807, 2.05) is 13.8 Å². The monoisotopic (exact) mass is 171 g/mol. The van der Waals surface area contributed by atoms with Gasteiger partial charge in [-0.1, -0.05) is 6.42 Å². The molecule has 1 saturated carbocycles. The lowest BCUT2D eigenvalue weighted by Gasteiger charge is -2.30. The SMILES string of the molecule is CC(C)(CO)NC(=O)C1CCC1. The first-order valence-electron chi connectivity index (χ1n) is 4.48. The molecule has 0 bridgehead atoms. The highest BCUT2D eigenvalue weighted by molar-refractivity contribution is 5.80. The third-order valence-corrected chi connectivity index (χ3v) is 2.33. The number of carbonyl (C=O) groups excluding carboxylic acids is 1. The highest BCUT2D eigenvalue weighted by Crippen LogP contribution is 2.26. The molecule has 0 heterocycles. The summed E-state index contributed by atoms with van der Waals surface area (Å²) in [6.45, 7) is 3.64. The Kier molecular flexibility index (Phi) is 2.73. The number of carbonyl (C=O) groups is 1. The lowest BCUT2D eigenvalue weighted by molar-refractivity contribution is -0.129. The Balaban J connectivity index is 2.34. The van der Waals surface area contributed by atoms with Gasteiger partial charge in [0, 0.05) is 5.92 Å².